The first kappa shape index (κ1) is 34.0. The number of aromatic hydroxyl groups is 1. The Morgan fingerprint density at radius 2 is 1.72 bits per heavy atom. The summed E-state index contributed by atoms with van der Waals surface area (Å²) in [6.45, 7) is 2.19. The standard InChI is InChI=1S/C31H36ClN5O8S/c32-21-8-22-30(36-31(34-22)46-15-26(42)43)35-27(21)19-4-2-18(3-5-19)20-6-1-16(7-23(20)39)11-37-12-17(13-37)9-33-10-24(40)28(44)29(45)25(41)14-38/h1-8,17,24-25,28-29,33,38-41,44-45H,9-15H2,(H,42,43)(H,34,35,36)/t24-,25+,28?,29+/m1/s1. The molecule has 13 nitrogen and oxygen atoms in total. The van der Waals surface area contributed by atoms with Gasteiger partial charge in [-0.15, -0.1) is 0 Å². The number of halogens is 1. The van der Waals surface area contributed by atoms with Crippen LogP contribution < -0.4 is 5.32 Å². The van der Waals surface area contributed by atoms with Gasteiger partial charge in [-0.05, 0) is 29.2 Å². The molecule has 0 bridgehead atoms. The van der Waals surface area contributed by atoms with Crippen LogP contribution >= 0.6 is 23.4 Å². The number of likely N-dealkylation sites (tertiary alicyclic amines) is 1. The Hall–Kier alpha value is -3.31. The highest BCUT2D eigenvalue weighted by molar-refractivity contribution is 7.99. The van der Waals surface area contributed by atoms with E-state index < -0.39 is 37.0 Å². The third-order valence-corrected chi connectivity index (χ3v) is 8.97. The predicted octanol–water partition coefficient (Wildman–Crippen LogP) is 1.28. The fourth-order valence-corrected chi connectivity index (χ4v) is 6.19. The summed E-state index contributed by atoms with van der Waals surface area (Å²) < 4.78 is 0. The molecule has 246 valence electrons. The number of phenolic OH excluding ortho intramolecular Hbond substituents is 1. The number of fused-ring (bicyclic) bond motifs is 1. The number of hydrogen-bond donors (Lipinski definition) is 9. The summed E-state index contributed by atoms with van der Waals surface area (Å²) in [4.78, 5) is 25.1. The zero-order valence-electron chi connectivity index (χ0n) is 24.6. The van der Waals surface area contributed by atoms with Crippen molar-refractivity contribution in [2.45, 2.75) is 36.1 Å². The minimum Gasteiger partial charge on any atom is -0.507 e. The second-order valence-corrected chi connectivity index (χ2v) is 12.7. The molecule has 15 heteroatoms. The number of thioether (sulfide) groups is 1. The highest BCUT2D eigenvalue weighted by Crippen LogP contribution is 2.34. The average molecular weight is 674 g/mol. The van der Waals surface area contributed by atoms with Crippen molar-refractivity contribution in [3.8, 4) is 28.1 Å². The summed E-state index contributed by atoms with van der Waals surface area (Å²) >= 11 is 7.58. The van der Waals surface area contributed by atoms with Crippen LogP contribution in [0.5, 0.6) is 5.75 Å². The van der Waals surface area contributed by atoms with E-state index in [9.17, 15) is 30.3 Å². The van der Waals surface area contributed by atoms with Gasteiger partial charge < -0.3 is 46.0 Å². The van der Waals surface area contributed by atoms with E-state index in [2.05, 4.69) is 25.2 Å². The Balaban J connectivity index is 1.12. The lowest BCUT2D eigenvalue weighted by atomic mass is 9.97. The van der Waals surface area contributed by atoms with E-state index in [-0.39, 0.29) is 18.0 Å². The third-order valence-electron chi connectivity index (χ3n) is 7.82. The molecule has 9 N–H and O–H groups in total. The van der Waals surface area contributed by atoms with E-state index in [0.717, 1.165) is 41.5 Å². The van der Waals surface area contributed by atoms with Crippen LogP contribution in [0.15, 0.2) is 53.7 Å². The molecular formula is C31H36ClN5O8S. The van der Waals surface area contributed by atoms with Gasteiger partial charge in [0.05, 0.1) is 34.7 Å². The maximum atomic E-state index is 10.9. The molecule has 2 aromatic heterocycles. The van der Waals surface area contributed by atoms with Crippen molar-refractivity contribution in [1.29, 1.82) is 0 Å². The van der Waals surface area contributed by atoms with Gasteiger partial charge >= 0.3 is 5.97 Å². The molecule has 1 aliphatic rings. The normalized spacial score (nSPS) is 16.7. The number of nitrogens with zero attached hydrogens (tertiary/aromatic N) is 3. The van der Waals surface area contributed by atoms with E-state index in [1.54, 1.807) is 12.1 Å². The second-order valence-electron chi connectivity index (χ2n) is 11.4. The van der Waals surface area contributed by atoms with E-state index >= 15 is 0 Å². The molecule has 1 aliphatic heterocycles. The molecule has 0 aliphatic carbocycles. The quantitative estimate of drug-likeness (QED) is 0.0814. The van der Waals surface area contributed by atoms with E-state index in [1.165, 1.54) is 0 Å². The Kier molecular flexibility index (Phi) is 11.1. The fraction of sp³-hybridized carbons (Fsp3) is 0.387. The number of rotatable bonds is 15. The summed E-state index contributed by atoms with van der Waals surface area (Å²) in [5, 5.41) is 71.6. The predicted molar refractivity (Wildman–Crippen MR) is 173 cm³/mol. The summed E-state index contributed by atoms with van der Waals surface area (Å²) in [5.41, 5.74) is 4.80. The minimum absolute atomic E-state index is 0.0301. The molecule has 0 amide bonds. The number of aliphatic hydroxyl groups is 5. The molecule has 4 aromatic rings. The molecule has 46 heavy (non-hydrogen) atoms. The van der Waals surface area contributed by atoms with Crippen LogP contribution in [-0.4, -0.2) is 125 Å². The zero-order valence-corrected chi connectivity index (χ0v) is 26.2. The smallest absolute Gasteiger partial charge is 0.313 e. The molecule has 0 radical (unpaired) electrons. The first-order valence-electron chi connectivity index (χ1n) is 14.6. The maximum Gasteiger partial charge on any atom is 0.313 e. The number of pyridine rings is 1. The van der Waals surface area contributed by atoms with Crippen LogP contribution in [-0.2, 0) is 11.3 Å². The van der Waals surface area contributed by atoms with E-state index in [0.29, 0.717) is 51.6 Å². The highest BCUT2D eigenvalue weighted by atomic mass is 35.5. The number of aliphatic hydroxyl groups excluding tert-OH is 5. The summed E-state index contributed by atoms with van der Waals surface area (Å²) in [7, 11) is 0. The number of carbonyl (C=O) groups is 1. The van der Waals surface area contributed by atoms with E-state index in [4.69, 9.17) is 21.8 Å². The number of phenols is 1. The van der Waals surface area contributed by atoms with Gasteiger partial charge in [-0.2, -0.15) is 0 Å². The summed E-state index contributed by atoms with van der Waals surface area (Å²) in [5.74, 6) is -0.575. The number of aromatic nitrogens is 3. The topological polar surface area (TPSA) is 216 Å². The van der Waals surface area contributed by atoms with Gasteiger partial charge in [0, 0.05) is 43.9 Å². The number of aliphatic carboxylic acids is 1. The molecule has 1 unspecified atom stereocenters. The van der Waals surface area contributed by atoms with Crippen molar-refractivity contribution in [3.63, 3.8) is 0 Å². The lowest BCUT2D eigenvalue weighted by molar-refractivity contribution is -0.133. The Labute approximate surface area is 273 Å². The van der Waals surface area contributed by atoms with Crippen molar-refractivity contribution in [2.75, 3.05) is 38.5 Å². The Bertz CT molecular complexity index is 1650. The Morgan fingerprint density at radius 3 is 2.39 bits per heavy atom. The number of benzene rings is 2. The van der Waals surface area contributed by atoms with Gasteiger partial charge in [-0.25, -0.2) is 9.97 Å². The van der Waals surface area contributed by atoms with E-state index in [1.807, 2.05) is 36.4 Å². The maximum absolute atomic E-state index is 10.9. The van der Waals surface area contributed by atoms with Gasteiger partial charge in [0.2, 0.25) is 0 Å². The molecule has 0 saturated carbocycles. The largest absolute Gasteiger partial charge is 0.507 e. The second kappa shape index (κ2) is 15.1. The van der Waals surface area contributed by atoms with Gasteiger partial charge in [0.15, 0.2) is 10.8 Å². The molecular weight excluding hydrogens is 638 g/mol. The van der Waals surface area contributed by atoms with Crippen molar-refractivity contribution in [3.05, 3.63) is 59.1 Å². The lowest BCUT2D eigenvalue weighted by Crippen LogP contribution is -2.52. The Morgan fingerprint density at radius 1 is 1.02 bits per heavy atom. The number of carboxylic acids is 1. The van der Waals surface area contributed by atoms with Crippen LogP contribution in [0.2, 0.25) is 5.02 Å². The van der Waals surface area contributed by atoms with Crippen molar-refractivity contribution in [1.82, 2.24) is 25.2 Å². The summed E-state index contributed by atoms with van der Waals surface area (Å²) in [6.07, 6.45) is -6.05. The number of hydrogen-bond acceptors (Lipinski definition) is 12. The highest BCUT2D eigenvalue weighted by Gasteiger charge is 2.31. The molecule has 1 fully saturated rings. The molecule has 5 rings (SSSR count). The van der Waals surface area contributed by atoms with Crippen LogP contribution in [0.1, 0.15) is 5.56 Å². The van der Waals surface area contributed by atoms with Crippen LogP contribution in [0, 0.1) is 5.92 Å². The van der Waals surface area contributed by atoms with Crippen LogP contribution in [0.25, 0.3) is 33.5 Å². The number of carboxylic acid groups (broad SMARTS) is 1. The van der Waals surface area contributed by atoms with Crippen LogP contribution in [0.4, 0.5) is 0 Å². The molecule has 4 atom stereocenters. The first-order chi connectivity index (χ1) is 22.0. The number of H-pyrrole nitrogens is 1. The van der Waals surface area contributed by atoms with Crippen molar-refractivity contribution >= 4 is 40.5 Å². The SMILES string of the molecule is O=C(O)CSc1nc2nc(-c3ccc(-c4ccc(CN5CC(CNC[C@@H](O)C(O)[C@@H](O)[C@@H](O)CO)C5)cc4O)cc3)c(Cl)cc2[nH]1. The number of aromatic amines is 1. The van der Waals surface area contributed by atoms with Gasteiger partial charge in [-0.1, -0.05) is 59.8 Å². The first-order valence-corrected chi connectivity index (χ1v) is 16.0. The van der Waals surface area contributed by atoms with Crippen molar-refractivity contribution in [2.24, 2.45) is 5.92 Å². The van der Waals surface area contributed by atoms with Crippen LogP contribution in [0.3, 0.4) is 0 Å². The van der Waals surface area contributed by atoms with Gasteiger partial charge in [-0.3, -0.25) is 9.69 Å². The van der Waals surface area contributed by atoms with Gasteiger partial charge in [0.1, 0.15) is 24.1 Å². The average Bonchev–Trinajstić information content (AvgIpc) is 3.42. The zero-order chi connectivity index (χ0) is 33.0. The third kappa shape index (κ3) is 8.15. The number of nitrogens with one attached hydrogen (secondary N) is 2. The summed E-state index contributed by atoms with van der Waals surface area (Å²) in [6, 6.07) is 14.8. The monoisotopic (exact) mass is 673 g/mol. The lowest BCUT2D eigenvalue weighted by Gasteiger charge is -2.39. The molecule has 3 heterocycles. The molecule has 2 aromatic carbocycles. The minimum atomic E-state index is -1.64. The van der Waals surface area contributed by atoms with Crippen molar-refractivity contribution < 1.29 is 40.5 Å². The number of imidazole rings is 1. The molecule has 1 saturated heterocycles. The van der Waals surface area contributed by atoms with Gasteiger partial charge in [0.25, 0.3) is 0 Å². The fourth-order valence-electron chi connectivity index (χ4n) is 5.34. The molecule has 0 spiro atoms.